The number of H-pyrrole nitrogens is 1. The van der Waals surface area contributed by atoms with Crippen LogP contribution in [-0.4, -0.2) is 17.4 Å². The average molecular weight is 280 g/mol. The van der Waals surface area contributed by atoms with Gasteiger partial charge in [0.15, 0.2) is 0 Å². The first-order valence-corrected chi connectivity index (χ1v) is 6.91. The molecule has 3 nitrogen and oxygen atoms in total. The Kier molecular flexibility index (Phi) is 2.57. The summed E-state index contributed by atoms with van der Waals surface area (Å²) in [5.74, 6) is -0.418. The maximum atomic E-state index is 13.9. The van der Waals surface area contributed by atoms with Crippen LogP contribution in [0.3, 0.4) is 0 Å². The number of aromatic nitrogens is 1. The van der Waals surface area contributed by atoms with Gasteiger partial charge in [-0.3, -0.25) is 4.79 Å². The second kappa shape index (κ2) is 4.45. The number of fused-ring (bicyclic) bond motifs is 3. The van der Waals surface area contributed by atoms with E-state index in [1.165, 1.54) is 6.07 Å². The molecule has 4 rings (SSSR count). The Morgan fingerprint density at radius 2 is 1.86 bits per heavy atom. The molecule has 2 heterocycles. The second-order valence-electron chi connectivity index (χ2n) is 5.18. The van der Waals surface area contributed by atoms with E-state index in [1.807, 2.05) is 36.4 Å². The minimum Gasteiger partial charge on any atom is -0.348 e. The molecule has 1 amide bonds. The van der Waals surface area contributed by atoms with Gasteiger partial charge in [0.05, 0.1) is 5.52 Å². The number of para-hydroxylation sites is 2. The average Bonchev–Trinajstić information content (AvgIpc) is 2.90. The van der Waals surface area contributed by atoms with Gasteiger partial charge in [0.2, 0.25) is 0 Å². The SMILES string of the molecule is O=C1c2[nH]c3c(F)cccc3c2CCN1c1ccccc1. The maximum absolute atomic E-state index is 13.9. The summed E-state index contributed by atoms with van der Waals surface area (Å²) < 4.78 is 13.9. The van der Waals surface area contributed by atoms with Crippen LogP contribution in [0.25, 0.3) is 10.9 Å². The monoisotopic (exact) mass is 280 g/mol. The van der Waals surface area contributed by atoms with Gasteiger partial charge in [-0.1, -0.05) is 30.3 Å². The molecular formula is C17H13FN2O. The lowest BCUT2D eigenvalue weighted by Gasteiger charge is -2.26. The molecule has 0 fully saturated rings. The number of aromatic amines is 1. The molecule has 0 unspecified atom stereocenters. The van der Waals surface area contributed by atoms with Gasteiger partial charge >= 0.3 is 0 Å². The predicted octanol–water partition coefficient (Wildman–Crippen LogP) is 3.51. The van der Waals surface area contributed by atoms with Crippen molar-refractivity contribution in [1.82, 2.24) is 4.98 Å². The molecule has 1 aliphatic heterocycles. The quantitative estimate of drug-likeness (QED) is 0.727. The molecular weight excluding hydrogens is 267 g/mol. The van der Waals surface area contributed by atoms with Crippen LogP contribution in [0.1, 0.15) is 16.1 Å². The van der Waals surface area contributed by atoms with Gasteiger partial charge in [0.25, 0.3) is 5.91 Å². The maximum Gasteiger partial charge on any atom is 0.275 e. The highest BCUT2D eigenvalue weighted by molar-refractivity contribution is 6.10. The van der Waals surface area contributed by atoms with E-state index in [2.05, 4.69) is 4.98 Å². The van der Waals surface area contributed by atoms with Crippen molar-refractivity contribution in [2.45, 2.75) is 6.42 Å². The molecule has 0 saturated carbocycles. The normalized spacial score (nSPS) is 14.5. The molecule has 0 radical (unpaired) electrons. The van der Waals surface area contributed by atoms with Crippen molar-refractivity contribution in [3.05, 3.63) is 65.6 Å². The zero-order valence-electron chi connectivity index (χ0n) is 11.3. The lowest BCUT2D eigenvalue weighted by molar-refractivity contribution is 0.0976. The van der Waals surface area contributed by atoms with Crippen molar-refractivity contribution in [1.29, 1.82) is 0 Å². The van der Waals surface area contributed by atoms with E-state index in [1.54, 1.807) is 11.0 Å². The van der Waals surface area contributed by atoms with E-state index in [0.29, 0.717) is 17.8 Å². The highest BCUT2D eigenvalue weighted by Gasteiger charge is 2.29. The number of hydrogen-bond acceptors (Lipinski definition) is 1. The van der Waals surface area contributed by atoms with Crippen LogP contribution in [0.15, 0.2) is 48.5 Å². The fourth-order valence-electron chi connectivity index (χ4n) is 2.99. The minimum atomic E-state index is -0.319. The van der Waals surface area contributed by atoms with Crippen LogP contribution in [0.4, 0.5) is 10.1 Å². The number of nitrogens with zero attached hydrogens (tertiary/aromatic N) is 1. The molecule has 1 aromatic heterocycles. The summed E-state index contributed by atoms with van der Waals surface area (Å²) in [5, 5.41) is 0.811. The third kappa shape index (κ3) is 1.76. The Morgan fingerprint density at radius 3 is 2.67 bits per heavy atom. The zero-order chi connectivity index (χ0) is 14.4. The molecule has 1 aliphatic rings. The number of nitrogens with one attached hydrogen (secondary N) is 1. The van der Waals surface area contributed by atoms with Crippen molar-refractivity contribution >= 4 is 22.5 Å². The summed E-state index contributed by atoms with van der Waals surface area (Å²) in [5.41, 5.74) is 2.71. The van der Waals surface area contributed by atoms with Gasteiger partial charge in [0, 0.05) is 17.6 Å². The molecule has 4 heteroatoms. The highest BCUT2D eigenvalue weighted by Crippen LogP contribution is 2.30. The topological polar surface area (TPSA) is 36.1 Å². The van der Waals surface area contributed by atoms with Gasteiger partial charge in [-0.05, 0) is 30.2 Å². The van der Waals surface area contributed by atoms with Gasteiger partial charge in [0.1, 0.15) is 11.5 Å². The third-order valence-corrected chi connectivity index (χ3v) is 4.00. The van der Waals surface area contributed by atoms with E-state index in [-0.39, 0.29) is 11.7 Å². The zero-order valence-corrected chi connectivity index (χ0v) is 11.3. The van der Waals surface area contributed by atoms with Gasteiger partial charge < -0.3 is 9.88 Å². The summed E-state index contributed by atoms with van der Waals surface area (Å²) in [6, 6.07) is 14.5. The summed E-state index contributed by atoms with van der Waals surface area (Å²) in [7, 11) is 0. The Balaban J connectivity index is 1.85. The van der Waals surface area contributed by atoms with Crippen molar-refractivity contribution in [2.24, 2.45) is 0 Å². The fraction of sp³-hybridized carbons (Fsp3) is 0.118. The minimum absolute atomic E-state index is 0.0990. The van der Waals surface area contributed by atoms with Gasteiger partial charge in [-0.2, -0.15) is 0 Å². The Hall–Kier alpha value is -2.62. The summed E-state index contributed by atoms with van der Waals surface area (Å²) in [4.78, 5) is 17.4. The molecule has 1 N–H and O–H groups in total. The number of amides is 1. The predicted molar refractivity (Wildman–Crippen MR) is 80.1 cm³/mol. The molecule has 0 spiro atoms. The molecule has 0 bridgehead atoms. The number of rotatable bonds is 1. The van der Waals surface area contributed by atoms with Crippen LogP contribution >= 0.6 is 0 Å². The van der Waals surface area contributed by atoms with E-state index >= 15 is 0 Å². The first-order chi connectivity index (χ1) is 10.3. The van der Waals surface area contributed by atoms with Crippen LogP contribution in [-0.2, 0) is 6.42 Å². The first kappa shape index (κ1) is 12.1. The summed E-state index contributed by atoms with van der Waals surface area (Å²) >= 11 is 0. The van der Waals surface area contributed by atoms with Crippen LogP contribution in [0.5, 0.6) is 0 Å². The Morgan fingerprint density at radius 1 is 1.05 bits per heavy atom. The van der Waals surface area contributed by atoms with Crippen molar-refractivity contribution in [3.63, 3.8) is 0 Å². The highest BCUT2D eigenvalue weighted by atomic mass is 19.1. The third-order valence-electron chi connectivity index (χ3n) is 4.00. The number of carbonyl (C=O) groups is 1. The molecule has 104 valence electrons. The second-order valence-corrected chi connectivity index (χ2v) is 5.18. The molecule has 0 saturated heterocycles. The number of anilines is 1. The summed E-state index contributed by atoms with van der Waals surface area (Å²) in [6.45, 7) is 0.610. The van der Waals surface area contributed by atoms with E-state index in [4.69, 9.17) is 0 Å². The van der Waals surface area contributed by atoms with E-state index in [9.17, 15) is 9.18 Å². The largest absolute Gasteiger partial charge is 0.348 e. The van der Waals surface area contributed by atoms with Gasteiger partial charge in [-0.15, -0.1) is 0 Å². The van der Waals surface area contributed by atoms with Gasteiger partial charge in [-0.25, -0.2) is 4.39 Å². The number of carbonyl (C=O) groups excluding carboxylic acids is 1. The number of benzene rings is 2. The van der Waals surface area contributed by atoms with Crippen LogP contribution in [0, 0.1) is 5.82 Å². The smallest absolute Gasteiger partial charge is 0.275 e. The fourth-order valence-corrected chi connectivity index (χ4v) is 2.99. The van der Waals surface area contributed by atoms with Crippen molar-refractivity contribution in [2.75, 3.05) is 11.4 Å². The molecule has 3 aromatic rings. The Bertz CT molecular complexity index is 839. The van der Waals surface area contributed by atoms with E-state index < -0.39 is 0 Å². The number of halogens is 1. The van der Waals surface area contributed by atoms with Crippen molar-refractivity contribution < 1.29 is 9.18 Å². The first-order valence-electron chi connectivity index (χ1n) is 6.91. The number of hydrogen-bond donors (Lipinski definition) is 1. The summed E-state index contributed by atoms with van der Waals surface area (Å²) in [6.07, 6.45) is 0.722. The lowest BCUT2D eigenvalue weighted by atomic mass is 10.0. The van der Waals surface area contributed by atoms with Crippen molar-refractivity contribution in [3.8, 4) is 0 Å². The molecule has 21 heavy (non-hydrogen) atoms. The van der Waals surface area contributed by atoms with Crippen LogP contribution in [0.2, 0.25) is 0 Å². The molecule has 2 aromatic carbocycles. The van der Waals surface area contributed by atoms with E-state index in [0.717, 1.165) is 23.1 Å². The Labute approximate surface area is 121 Å². The molecule has 0 aliphatic carbocycles. The van der Waals surface area contributed by atoms with Crippen LogP contribution < -0.4 is 4.90 Å². The lowest BCUT2D eigenvalue weighted by Crippen LogP contribution is -2.37. The molecule has 0 atom stereocenters. The standard InChI is InChI=1S/C17H13FN2O/c18-14-8-4-7-12-13-9-10-20(11-5-2-1-3-6-11)17(21)16(13)19-15(12)14/h1-8,19H,9-10H2.